The summed E-state index contributed by atoms with van der Waals surface area (Å²) in [6, 6.07) is 23.8. The molecule has 0 saturated carbocycles. The van der Waals surface area contributed by atoms with Crippen molar-refractivity contribution in [2.45, 2.75) is 23.6 Å². The minimum atomic E-state index is -3.53. The third kappa shape index (κ3) is 7.54. The molecule has 0 aliphatic heterocycles. The Hall–Kier alpha value is -3.41. The van der Waals surface area contributed by atoms with Crippen LogP contribution in [0.4, 0.5) is 10.8 Å². The van der Waals surface area contributed by atoms with Gasteiger partial charge in [0, 0.05) is 11.3 Å². The van der Waals surface area contributed by atoms with Crippen molar-refractivity contribution in [1.82, 2.24) is 10.2 Å². The summed E-state index contributed by atoms with van der Waals surface area (Å²) in [7, 11) is -3.53. The van der Waals surface area contributed by atoms with Gasteiger partial charge in [0.25, 0.3) is 5.91 Å². The number of rotatable bonds is 11. The maximum atomic E-state index is 12.7. The van der Waals surface area contributed by atoms with Crippen molar-refractivity contribution in [1.29, 1.82) is 0 Å². The molecule has 0 spiro atoms. The number of amides is 1. The molecule has 4 rings (SSSR count). The molecule has 4 aromatic rings. The Morgan fingerprint density at radius 3 is 2.32 bits per heavy atom. The van der Waals surface area contributed by atoms with Gasteiger partial charge < -0.3 is 4.74 Å². The fourth-order valence-electron chi connectivity index (χ4n) is 3.41. The maximum Gasteiger partial charge on any atom is 0.257 e. The van der Waals surface area contributed by atoms with Crippen LogP contribution in [-0.2, 0) is 22.3 Å². The van der Waals surface area contributed by atoms with Crippen LogP contribution in [-0.4, -0.2) is 37.4 Å². The molecule has 1 N–H and O–H groups in total. The van der Waals surface area contributed by atoms with Gasteiger partial charge in [0.1, 0.15) is 5.75 Å². The average Bonchev–Trinajstić information content (AvgIpc) is 3.34. The molecule has 3 aromatic carbocycles. The lowest BCUT2D eigenvalue weighted by atomic mass is 10.1. The molecule has 192 valence electrons. The summed E-state index contributed by atoms with van der Waals surface area (Å²) < 4.78 is 32.5. The van der Waals surface area contributed by atoms with E-state index >= 15 is 0 Å². The van der Waals surface area contributed by atoms with Crippen molar-refractivity contribution in [3.8, 4) is 5.75 Å². The van der Waals surface area contributed by atoms with Crippen LogP contribution in [0.15, 0.2) is 83.2 Å². The van der Waals surface area contributed by atoms with E-state index in [2.05, 4.69) is 15.5 Å². The summed E-state index contributed by atoms with van der Waals surface area (Å²) in [5.41, 5.74) is 2.89. The number of hydrogen-bond donors (Lipinski definition) is 1. The summed E-state index contributed by atoms with van der Waals surface area (Å²) in [4.78, 5) is 12.7. The Morgan fingerprint density at radius 1 is 0.973 bits per heavy atom. The quantitative estimate of drug-likeness (QED) is 0.194. The maximum absolute atomic E-state index is 12.7. The number of carbonyl (C=O) groups excluding carboxylic acids is 1. The molecule has 0 saturated heterocycles. The van der Waals surface area contributed by atoms with E-state index in [4.69, 9.17) is 4.74 Å². The first-order valence-corrected chi connectivity index (χ1v) is 15.1. The lowest BCUT2D eigenvalue weighted by Gasteiger charge is -2.23. The summed E-state index contributed by atoms with van der Waals surface area (Å²) >= 11 is 2.88. The number of carbonyl (C=O) groups is 1. The second-order valence-electron chi connectivity index (χ2n) is 7.99. The summed E-state index contributed by atoms with van der Waals surface area (Å²) in [6.45, 7) is 2.55. The number of nitrogens with zero attached hydrogens (tertiary/aromatic N) is 3. The van der Waals surface area contributed by atoms with E-state index in [0.29, 0.717) is 28.7 Å². The van der Waals surface area contributed by atoms with Crippen LogP contribution < -0.4 is 14.4 Å². The molecule has 1 amide bonds. The predicted molar refractivity (Wildman–Crippen MR) is 149 cm³/mol. The van der Waals surface area contributed by atoms with E-state index < -0.39 is 10.0 Å². The van der Waals surface area contributed by atoms with Gasteiger partial charge in [0.15, 0.2) is 4.34 Å². The third-order valence-corrected chi connectivity index (χ3v) is 8.39. The number of sulfonamides is 1. The number of hydrogen-bond acceptors (Lipinski definition) is 8. The summed E-state index contributed by atoms with van der Waals surface area (Å²) in [5.74, 6) is 1.13. The molecule has 0 fully saturated rings. The molecule has 0 aliphatic rings. The lowest BCUT2D eigenvalue weighted by Crippen LogP contribution is -2.29. The smallest absolute Gasteiger partial charge is 0.257 e. The first-order chi connectivity index (χ1) is 17.8. The Bertz CT molecular complexity index is 1420. The molecule has 1 aromatic heterocycles. The minimum absolute atomic E-state index is 0.132. The van der Waals surface area contributed by atoms with E-state index in [1.807, 2.05) is 37.3 Å². The summed E-state index contributed by atoms with van der Waals surface area (Å²) in [5, 5.41) is 11.4. The van der Waals surface area contributed by atoms with Crippen LogP contribution in [0.1, 0.15) is 28.4 Å². The predicted octanol–water partition coefficient (Wildman–Crippen LogP) is 5.45. The lowest BCUT2D eigenvalue weighted by molar-refractivity contribution is 0.102. The van der Waals surface area contributed by atoms with Gasteiger partial charge in [-0.3, -0.25) is 14.4 Å². The van der Waals surface area contributed by atoms with Crippen LogP contribution in [0, 0.1) is 0 Å². The van der Waals surface area contributed by atoms with Gasteiger partial charge in [0.05, 0.1) is 25.1 Å². The van der Waals surface area contributed by atoms with Crippen LogP contribution in [0.3, 0.4) is 0 Å². The second-order valence-corrected chi connectivity index (χ2v) is 12.1. The van der Waals surface area contributed by atoms with E-state index in [9.17, 15) is 13.2 Å². The Labute approximate surface area is 224 Å². The summed E-state index contributed by atoms with van der Waals surface area (Å²) in [6.07, 6.45) is 1.17. The fourth-order valence-corrected chi connectivity index (χ4v) is 6.00. The number of benzene rings is 3. The molecule has 8 nitrogen and oxygen atoms in total. The van der Waals surface area contributed by atoms with E-state index in [1.54, 1.807) is 60.3 Å². The number of nitrogens with one attached hydrogen (secondary N) is 1. The normalized spacial score (nSPS) is 11.2. The highest BCUT2D eigenvalue weighted by Crippen LogP contribution is 2.29. The zero-order valence-corrected chi connectivity index (χ0v) is 22.8. The number of thioether (sulfide) groups is 1. The van der Waals surface area contributed by atoms with Gasteiger partial charge in [-0.25, -0.2) is 8.42 Å². The highest BCUT2D eigenvalue weighted by atomic mass is 32.2. The molecule has 0 bridgehead atoms. The van der Waals surface area contributed by atoms with Crippen LogP contribution in [0.5, 0.6) is 5.75 Å². The molecule has 37 heavy (non-hydrogen) atoms. The Balaban J connectivity index is 1.37. The molecule has 0 radical (unpaired) electrons. The van der Waals surface area contributed by atoms with E-state index in [-0.39, 0.29) is 12.5 Å². The van der Waals surface area contributed by atoms with Crippen LogP contribution in [0.25, 0.3) is 0 Å². The van der Waals surface area contributed by atoms with Crippen molar-refractivity contribution in [2.24, 2.45) is 0 Å². The number of ether oxygens (including phenoxy) is 1. The first-order valence-electron chi connectivity index (χ1n) is 11.4. The number of aromatic nitrogens is 2. The highest BCUT2D eigenvalue weighted by Gasteiger charge is 2.18. The van der Waals surface area contributed by atoms with Gasteiger partial charge in [-0.05, 0) is 54.4 Å². The second kappa shape index (κ2) is 12.2. The third-order valence-electron chi connectivity index (χ3n) is 5.21. The molecular weight excluding hydrogens is 529 g/mol. The van der Waals surface area contributed by atoms with Gasteiger partial charge >= 0.3 is 0 Å². The molecule has 0 unspecified atom stereocenters. The van der Waals surface area contributed by atoms with Crippen molar-refractivity contribution >= 4 is 49.8 Å². The fraction of sp³-hybridized carbons (Fsp3) is 0.192. The van der Waals surface area contributed by atoms with Gasteiger partial charge in [-0.2, -0.15) is 0 Å². The standard InChI is InChI=1S/C26H26N4O4S3/c1-3-34-23-15-13-22(14-16-23)30(37(2,32)33)17-19-9-11-21(12-10-19)24(31)27-25-28-29-26(36-25)35-18-20-7-5-4-6-8-20/h4-16H,3,17-18H2,1-2H3,(H,27,28,31). The molecule has 1 heterocycles. The van der Waals surface area contributed by atoms with Gasteiger partial charge in [-0.1, -0.05) is 65.6 Å². The zero-order chi connectivity index (χ0) is 26.3. The Morgan fingerprint density at radius 2 is 1.68 bits per heavy atom. The van der Waals surface area contributed by atoms with E-state index in [0.717, 1.165) is 15.7 Å². The minimum Gasteiger partial charge on any atom is -0.494 e. The topological polar surface area (TPSA) is 101 Å². The van der Waals surface area contributed by atoms with Crippen LogP contribution >= 0.6 is 23.1 Å². The van der Waals surface area contributed by atoms with Crippen molar-refractivity contribution in [2.75, 3.05) is 22.5 Å². The van der Waals surface area contributed by atoms with Crippen molar-refractivity contribution < 1.29 is 17.9 Å². The van der Waals surface area contributed by atoms with Gasteiger partial charge in [-0.15, -0.1) is 10.2 Å². The van der Waals surface area contributed by atoms with E-state index in [1.165, 1.54) is 27.5 Å². The van der Waals surface area contributed by atoms with Gasteiger partial charge in [0.2, 0.25) is 15.2 Å². The Kier molecular flexibility index (Phi) is 8.80. The average molecular weight is 555 g/mol. The molecule has 0 aliphatic carbocycles. The van der Waals surface area contributed by atoms with Crippen molar-refractivity contribution in [3.63, 3.8) is 0 Å². The van der Waals surface area contributed by atoms with Crippen molar-refractivity contribution in [3.05, 3.63) is 95.6 Å². The number of anilines is 2. The molecular formula is C26H26N4O4S3. The van der Waals surface area contributed by atoms with Crippen LogP contribution in [0.2, 0.25) is 0 Å². The largest absolute Gasteiger partial charge is 0.494 e. The zero-order valence-electron chi connectivity index (χ0n) is 20.3. The molecule has 11 heteroatoms. The molecule has 0 atom stereocenters. The first kappa shape index (κ1) is 26.6. The SMILES string of the molecule is CCOc1ccc(N(Cc2ccc(C(=O)Nc3nnc(SCc4ccccc4)s3)cc2)S(C)(=O)=O)cc1. The highest BCUT2D eigenvalue weighted by molar-refractivity contribution is 8.00. The monoisotopic (exact) mass is 554 g/mol.